The van der Waals surface area contributed by atoms with E-state index >= 15 is 0 Å². The van der Waals surface area contributed by atoms with Crippen LogP contribution in [-0.4, -0.2) is 25.3 Å². The monoisotopic (exact) mass is 249 g/mol. The molecule has 2 unspecified atom stereocenters. The van der Waals surface area contributed by atoms with E-state index in [0.29, 0.717) is 11.5 Å². The number of carboxylic acid groups (broad SMARTS) is 1. The number of hydrogen-bond acceptors (Lipinski definition) is 4. The number of methoxy groups -OCH3 is 2. The van der Waals surface area contributed by atoms with Gasteiger partial charge in [0.15, 0.2) is 11.5 Å². The predicted octanol–water partition coefficient (Wildman–Crippen LogP) is 2.03. The van der Waals surface area contributed by atoms with Gasteiger partial charge in [-0.2, -0.15) is 5.26 Å². The summed E-state index contributed by atoms with van der Waals surface area (Å²) in [5, 5.41) is 17.8. The van der Waals surface area contributed by atoms with Crippen LogP contribution in [0.15, 0.2) is 18.2 Å². The molecule has 0 radical (unpaired) electrons. The summed E-state index contributed by atoms with van der Waals surface area (Å²) in [6.45, 7) is 1.70. The van der Waals surface area contributed by atoms with Gasteiger partial charge in [-0.25, -0.2) is 0 Å². The highest BCUT2D eigenvalue weighted by Gasteiger charge is 2.26. The van der Waals surface area contributed by atoms with Gasteiger partial charge in [0.1, 0.15) is 5.92 Å². The fraction of sp³-hybridized carbons (Fsp3) is 0.385. The van der Waals surface area contributed by atoms with Crippen LogP contribution >= 0.6 is 0 Å². The second-order valence-electron chi connectivity index (χ2n) is 3.85. The molecule has 2 atom stereocenters. The topological polar surface area (TPSA) is 79.5 Å². The largest absolute Gasteiger partial charge is 0.493 e. The summed E-state index contributed by atoms with van der Waals surface area (Å²) in [4.78, 5) is 10.9. The number of carbonyl (C=O) groups is 1. The molecule has 1 aromatic carbocycles. The van der Waals surface area contributed by atoms with Crippen LogP contribution in [-0.2, 0) is 4.79 Å². The lowest BCUT2D eigenvalue weighted by molar-refractivity contribution is -0.140. The Morgan fingerprint density at radius 3 is 2.39 bits per heavy atom. The zero-order valence-electron chi connectivity index (χ0n) is 10.5. The van der Waals surface area contributed by atoms with Crippen LogP contribution < -0.4 is 9.47 Å². The molecule has 0 spiro atoms. The van der Waals surface area contributed by atoms with Gasteiger partial charge in [-0.05, 0) is 17.7 Å². The van der Waals surface area contributed by atoms with Gasteiger partial charge in [0, 0.05) is 5.92 Å². The maximum absolute atomic E-state index is 10.9. The molecule has 1 aromatic rings. The summed E-state index contributed by atoms with van der Waals surface area (Å²) in [6, 6.07) is 6.92. The number of hydrogen-bond donors (Lipinski definition) is 1. The molecule has 1 rings (SSSR count). The Kier molecular flexibility index (Phi) is 4.55. The average Bonchev–Trinajstić information content (AvgIpc) is 2.38. The van der Waals surface area contributed by atoms with Gasteiger partial charge in [0.05, 0.1) is 20.3 Å². The summed E-state index contributed by atoms with van der Waals surface area (Å²) < 4.78 is 10.2. The highest BCUT2D eigenvalue weighted by molar-refractivity contribution is 5.74. The molecule has 1 N–H and O–H groups in total. The van der Waals surface area contributed by atoms with Gasteiger partial charge in [0.2, 0.25) is 0 Å². The van der Waals surface area contributed by atoms with Crippen molar-refractivity contribution < 1.29 is 19.4 Å². The van der Waals surface area contributed by atoms with Crippen LogP contribution in [0.3, 0.4) is 0 Å². The lowest BCUT2D eigenvalue weighted by atomic mass is 9.88. The van der Waals surface area contributed by atoms with Crippen LogP contribution in [0.1, 0.15) is 18.4 Å². The maximum Gasteiger partial charge on any atom is 0.321 e. The summed E-state index contributed by atoms with van der Waals surface area (Å²) in [5.74, 6) is -1.54. The number of ether oxygens (including phenoxy) is 2. The Balaban J connectivity index is 3.10. The summed E-state index contributed by atoms with van der Waals surface area (Å²) >= 11 is 0. The Morgan fingerprint density at radius 1 is 1.33 bits per heavy atom. The summed E-state index contributed by atoms with van der Waals surface area (Å²) in [7, 11) is 3.03. The van der Waals surface area contributed by atoms with E-state index in [1.54, 1.807) is 31.2 Å². The third kappa shape index (κ3) is 2.72. The molecule has 0 aromatic heterocycles. The molecule has 0 heterocycles. The third-order valence-electron chi connectivity index (χ3n) is 2.84. The first-order valence-corrected chi connectivity index (χ1v) is 5.39. The molecule has 0 fully saturated rings. The number of carboxylic acids is 1. The van der Waals surface area contributed by atoms with Crippen molar-refractivity contribution in [1.29, 1.82) is 5.26 Å². The molecule has 0 amide bonds. The lowest BCUT2D eigenvalue weighted by Gasteiger charge is -2.16. The molecule has 0 bridgehead atoms. The first-order chi connectivity index (χ1) is 8.54. The van der Waals surface area contributed by atoms with Crippen LogP contribution in [0.5, 0.6) is 11.5 Å². The van der Waals surface area contributed by atoms with Crippen LogP contribution in [0, 0.1) is 17.2 Å². The van der Waals surface area contributed by atoms with Crippen molar-refractivity contribution in [2.45, 2.75) is 12.8 Å². The van der Waals surface area contributed by atoms with E-state index in [0.717, 1.165) is 5.56 Å². The molecule has 0 saturated carbocycles. The highest BCUT2D eigenvalue weighted by atomic mass is 16.5. The van der Waals surface area contributed by atoms with E-state index < -0.39 is 17.8 Å². The fourth-order valence-electron chi connectivity index (χ4n) is 1.71. The second kappa shape index (κ2) is 5.92. The molecular weight excluding hydrogens is 234 g/mol. The standard InChI is InChI=1S/C13H15NO4/c1-8(10(7-14)13(15)16)9-4-5-11(17-2)12(6-9)18-3/h4-6,8,10H,1-3H3,(H,15,16). The molecule has 0 aliphatic rings. The van der Waals surface area contributed by atoms with Gasteiger partial charge in [0.25, 0.3) is 0 Å². The zero-order valence-corrected chi connectivity index (χ0v) is 10.5. The molecule has 96 valence electrons. The van der Waals surface area contributed by atoms with Gasteiger partial charge in [-0.3, -0.25) is 4.79 Å². The van der Waals surface area contributed by atoms with Crippen LogP contribution in [0.4, 0.5) is 0 Å². The smallest absolute Gasteiger partial charge is 0.321 e. The normalized spacial score (nSPS) is 13.2. The Labute approximate surface area is 106 Å². The second-order valence-corrected chi connectivity index (χ2v) is 3.85. The van der Waals surface area contributed by atoms with E-state index in [9.17, 15) is 4.79 Å². The van der Waals surface area contributed by atoms with E-state index in [2.05, 4.69) is 0 Å². The minimum Gasteiger partial charge on any atom is -0.493 e. The van der Waals surface area contributed by atoms with Gasteiger partial charge in [-0.15, -0.1) is 0 Å². The molecule has 0 aliphatic carbocycles. The molecule has 0 saturated heterocycles. The number of nitrogens with zero attached hydrogens (tertiary/aromatic N) is 1. The molecule has 0 aliphatic heterocycles. The first kappa shape index (κ1) is 13.8. The fourth-order valence-corrected chi connectivity index (χ4v) is 1.71. The quantitative estimate of drug-likeness (QED) is 0.863. The van der Waals surface area contributed by atoms with E-state index in [1.165, 1.54) is 14.2 Å². The van der Waals surface area contributed by atoms with Crippen molar-refractivity contribution in [2.75, 3.05) is 14.2 Å². The van der Waals surface area contributed by atoms with Crippen molar-refractivity contribution in [1.82, 2.24) is 0 Å². The van der Waals surface area contributed by atoms with Gasteiger partial charge in [-0.1, -0.05) is 13.0 Å². The van der Waals surface area contributed by atoms with Crippen molar-refractivity contribution in [3.05, 3.63) is 23.8 Å². The average molecular weight is 249 g/mol. The first-order valence-electron chi connectivity index (χ1n) is 5.39. The summed E-state index contributed by atoms with van der Waals surface area (Å²) in [5.41, 5.74) is 0.724. The predicted molar refractivity (Wildman–Crippen MR) is 64.7 cm³/mol. The van der Waals surface area contributed by atoms with Gasteiger partial charge < -0.3 is 14.6 Å². The number of rotatable bonds is 5. The van der Waals surface area contributed by atoms with Crippen molar-refractivity contribution in [3.8, 4) is 17.6 Å². The number of benzene rings is 1. The van der Waals surface area contributed by atoms with Crippen molar-refractivity contribution in [3.63, 3.8) is 0 Å². The highest BCUT2D eigenvalue weighted by Crippen LogP contribution is 2.33. The maximum atomic E-state index is 10.9. The SMILES string of the molecule is COc1ccc(C(C)C(C#N)C(=O)O)cc1OC. The minimum atomic E-state index is -1.13. The van der Waals surface area contributed by atoms with E-state index in [4.69, 9.17) is 19.8 Å². The van der Waals surface area contributed by atoms with Crippen LogP contribution in [0.25, 0.3) is 0 Å². The number of nitriles is 1. The third-order valence-corrected chi connectivity index (χ3v) is 2.84. The summed E-state index contributed by atoms with van der Waals surface area (Å²) in [6.07, 6.45) is 0. The Hall–Kier alpha value is -2.22. The Bertz CT molecular complexity index is 478. The molecule has 5 nitrogen and oxygen atoms in total. The minimum absolute atomic E-state index is 0.424. The van der Waals surface area contributed by atoms with Gasteiger partial charge >= 0.3 is 5.97 Å². The number of aliphatic carboxylic acids is 1. The molecule has 5 heteroatoms. The molecular formula is C13H15NO4. The van der Waals surface area contributed by atoms with E-state index in [-0.39, 0.29) is 0 Å². The van der Waals surface area contributed by atoms with E-state index in [1.807, 2.05) is 0 Å². The van der Waals surface area contributed by atoms with Crippen LogP contribution in [0.2, 0.25) is 0 Å². The zero-order chi connectivity index (χ0) is 13.7. The molecule has 18 heavy (non-hydrogen) atoms. The Morgan fingerprint density at radius 2 is 1.94 bits per heavy atom. The van der Waals surface area contributed by atoms with Crippen molar-refractivity contribution >= 4 is 5.97 Å². The lowest BCUT2D eigenvalue weighted by Crippen LogP contribution is -2.18. The van der Waals surface area contributed by atoms with Crippen molar-refractivity contribution in [2.24, 2.45) is 5.92 Å².